The van der Waals surface area contributed by atoms with Gasteiger partial charge in [0, 0.05) is 18.4 Å². The monoisotopic (exact) mass is 384 g/mol. The van der Waals surface area contributed by atoms with E-state index in [-0.39, 0.29) is 31.2 Å². The minimum atomic E-state index is -0.611. The van der Waals surface area contributed by atoms with Gasteiger partial charge < -0.3 is 20.1 Å². The van der Waals surface area contributed by atoms with Crippen molar-refractivity contribution in [3.05, 3.63) is 54.5 Å². The van der Waals surface area contributed by atoms with Crippen molar-refractivity contribution in [3.63, 3.8) is 0 Å². The average Bonchev–Trinajstić information content (AvgIpc) is 2.74. The largest absolute Gasteiger partial charge is 0.473 e. The molecule has 1 fully saturated rings. The minimum Gasteiger partial charge on any atom is -0.473 e. The summed E-state index contributed by atoms with van der Waals surface area (Å²) in [6.07, 6.45) is 7.54. The van der Waals surface area contributed by atoms with Crippen LogP contribution in [0, 0.1) is 0 Å². The number of amides is 2. The van der Waals surface area contributed by atoms with E-state index >= 15 is 0 Å². The number of nitrogens with zero attached hydrogens (tertiary/aromatic N) is 2. The van der Waals surface area contributed by atoms with Gasteiger partial charge in [0.25, 0.3) is 0 Å². The number of hydrogen-bond donors (Lipinski definition) is 2. The number of rotatable bonds is 7. The molecule has 0 aliphatic heterocycles. The number of carbonyl (C=O) groups excluding carboxylic acids is 2. The maximum Gasteiger partial charge on any atom is 0.407 e. The maximum atomic E-state index is 12.0. The Bertz CT molecular complexity index is 749. The molecule has 1 aromatic heterocycles. The molecule has 3 rings (SSSR count). The van der Waals surface area contributed by atoms with Crippen LogP contribution < -0.4 is 15.4 Å². The van der Waals surface area contributed by atoms with Gasteiger partial charge in [0.15, 0.2) is 0 Å². The number of nitrogens with one attached hydrogen (secondary N) is 2. The molecule has 1 aliphatic carbocycles. The standard InChI is InChI=1S/C20H24N4O4/c25-18(12-23-20(26)27-14-15-4-2-1-3-5-15)24-16-6-8-17(9-7-16)28-19-13-21-10-11-22-19/h1-5,10-11,13,16-17H,6-9,12,14H2,(H,23,26)(H,24,25). The van der Waals surface area contributed by atoms with E-state index in [4.69, 9.17) is 9.47 Å². The lowest BCUT2D eigenvalue weighted by atomic mass is 9.93. The van der Waals surface area contributed by atoms with E-state index in [1.54, 1.807) is 18.6 Å². The van der Waals surface area contributed by atoms with Crippen molar-refractivity contribution in [1.82, 2.24) is 20.6 Å². The van der Waals surface area contributed by atoms with Crippen molar-refractivity contribution in [2.45, 2.75) is 44.4 Å². The van der Waals surface area contributed by atoms with Gasteiger partial charge in [-0.2, -0.15) is 0 Å². The lowest BCUT2D eigenvalue weighted by Gasteiger charge is -2.29. The highest BCUT2D eigenvalue weighted by molar-refractivity contribution is 5.82. The number of alkyl carbamates (subject to hydrolysis) is 1. The molecule has 2 N–H and O–H groups in total. The first kappa shape index (κ1) is 19.6. The van der Waals surface area contributed by atoms with Crippen LogP contribution in [-0.2, 0) is 16.1 Å². The van der Waals surface area contributed by atoms with Gasteiger partial charge in [0.05, 0.1) is 6.20 Å². The molecule has 0 unspecified atom stereocenters. The van der Waals surface area contributed by atoms with E-state index in [1.807, 2.05) is 30.3 Å². The van der Waals surface area contributed by atoms with Gasteiger partial charge in [-0.15, -0.1) is 0 Å². The Labute approximate surface area is 163 Å². The van der Waals surface area contributed by atoms with Gasteiger partial charge in [-0.25, -0.2) is 9.78 Å². The number of hydrogen-bond acceptors (Lipinski definition) is 6. The molecule has 1 heterocycles. The predicted octanol–water partition coefficient (Wildman–Crippen LogP) is 2.21. The van der Waals surface area contributed by atoms with Crippen molar-refractivity contribution in [1.29, 1.82) is 0 Å². The molecule has 8 heteroatoms. The van der Waals surface area contributed by atoms with Gasteiger partial charge in [-0.1, -0.05) is 30.3 Å². The third-order valence-electron chi connectivity index (χ3n) is 4.47. The van der Waals surface area contributed by atoms with Crippen LogP contribution in [0.3, 0.4) is 0 Å². The first-order valence-corrected chi connectivity index (χ1v) is 9.35. The molecule has 1 aliphatic rings. The Morgan fingerprint density at radius 2 is 1.86 bits per heavy atom. The zero-order valence-corrected chi connectivity index (χ0v) is 15.5. The Morgan fingerprint density at radius 3 is 2.57 bits per heavy atom. The molecule has 1 saturated carbocycles. The number of aromatic nitrogens is 2. The number of benzene rings is 1. The third-order valence-corrected chi connectivity index (χ3v) is 4.47. The van der Waals surface area contributed by atoms with Crippen LogP contribution in [0.2, 0.25) is 0 Å². The van der Waals surface area contributed by atoms with Gasteiger partial charge in [0.1, 0.15) is 19.3 Å². The molecule has 148 valence electrons. The molecular formula is C20H24N4O4. The Hall–Kier alpha value is -3.16. The summed E-state index contributed by atoms with van der Waals surface area (Å²) in [4.78, 5) is 31.8. The first-order chi connectivity index (χ1) is 13.7. The van der Waals surface area contributed by atoms with Crippen LogP contribution in [0.5, 0.6) is 5.88 Å². The van der Waals surface area contributed by atoms with Gasteiger partial charge in [0.2, 0.25) is 11.8 Å². The van der Waals surface area contributed by atoms with Crippen LogP contribution in [0.1, 0.15) is 31.2 Å². The van der Waals surface area contributed by atoms with E-state index in [0.717, 1.165) is 31.2 Å². The number of ether oxygens (including phenoxy) is 2. The first-order valence-electron chi connectivity index (χ1n) is 9.35. The molecule has 0 saturated heterocycles. The zero-order chi connectivity index (χ0) is 19.6. The lowest BCUT2D eigenvalue weighted by molar-refractivity contribution is -0.121. The molecule has 0 radical (unpaired) electrons. The van der Waals surface area contributed by atoms with Crippen molar-refractivity contribution >= 4 is 12.0 Å². The van der Waals surface area contributed by atoms with E-state index in [0.29, 0.717) is 5.88 Å². The molecular weight excluding hydrogens is 360 g/mol. The van der Waals surface area contributed by atoms with Crippen LogP contribution >= 0.6 is 0 Å². The van der Waals surface area contributed by atoms with Crippen molar-refractivity contribution in [2.75, 3.05) is 6.54 Å². The fourth-order valence-electron chi connectivity index (χ4n) is 3.05. The topological polar surface area (TPSA) is 102 Å². The molecule has 0 atom stereocenters. The highest BCUT2D eigenvalue weighted by Gasteiger charge is 2.24. The van der Waals surface area contributed by atoms with Crippen LogP contribution in [-0.4, -0.2) is 40.7 Å². The summed E-state index contributed by atoms with van der Waals surface area (Å²) in [6, 6.07) is 9.45. The fraction of sp³-hybridized carbons (Fsp3) is 0.400. The summed E-state index contributed by atoms with van der Waals surface area (Å²) >= 11 is 0. The predicted molar refractivity (Wildman–Crippen MR) is 101 cm³/mol. The molecule has 28 heavy (non-hydrogen) atoms. The zero-order valence-electron chi connectivity index (χ0n) is 15.5. The Morgan fingerprint density at radius 1 is 1.07 bits per heavy atom. The summed E-state index contributed by atoms with van der Waals surface area (Å²) in [5, 5.41) is 5.41. The van der Waals surface area contributed by atoms with E-state index < -0.39 is 6.09 Å². The fourth-order valence-corrected chi connectivity index (χ4v) is 3.05. The van der Waals surface area contributed by atoms with E-state index in [2.05, 4.69) is 20.6 Å². The molecule has 8 nitrogen and oxygen atoms in total. The van der Waals surface area contributed by atoms with Crippen LogP contribution in [0.4, 0.5) is 4.79 Å². The summed E-state index contributed by atoms with van der Waals surface area (Å²) in [5.74, 6) is 0.295. The second-order valence-corrected chi connectivity index (χ2v) is 6.62. The summed E-state index contributed by atoms with van der Waals surface area (Å²) in [5.41, 5.74) is 0.891. The van der Waals surface area contributed by atoms with Gasteiger partial charge in [-0.3, -0.25) is 9.78 Å². The molecule has 0 spiro atoms. The average molecular weight is 384 g/mol. The SMILES string of the molecule is O=C(CNC(=O)OCc1ccccc1)NC1CCC(Oc2cnccn2)CC1. The van der Waals surface area contributed by atoms with Crippen LogP contribution in [0.15, 0.2) is 48.9 Å². The second-order valence-electron chi connectivity index (χ2n) is 6.62. The quantitative estimate of drug-likeness (QED) is 0.759. The van der Waals surface area contributed by atoms with E-state index in [9.17, 15) is 9.59 Å². The Balaban J connectivity index is 1.29. The van der Waals surface area contributed by atoms with Gasteiger partial charge in [-0.05, 0) is 31.2 Å². The number of carbonyl (C=O) groups is 2. The minimum absolute atomic E-state index is 0.0796. The van der Waals surface area contributed by atoms with Crippen molar-refractivity contribution < 1.29 is 19.1 Å². The molecule has 0 bridgehead atoms. The van der Waals surface area contributed by atoms with E-state index in [1.165, 1.54) is 0 Å². The highest BCUT2D eigenvalue weighted by atomic mass is 16.5. The summed E-state index contributed by atoms with van der Waals surface area (Å²) in [7, 11) is 0. The third kappa shape index (κ3) is 6.53. The second kappa shape index (κ2) is 10.2. The lowest BCUT2D eigenvalue weighted by Crippen LogP contribution is -2.44. The maximum absolute atomic E-state index is 12.0. The summed E-state index contributed by atoms with van der Waals surface area (Å²) < 4.78 is 10.9. The van der Waals surface area contributed by atoms with Crippen molar-refractivity contribution in [2.24, 2.45) is 0 Å². The summed E-state index contributed by atoms with van der Waals surface area (Å²) in [6.45, 7) is 0.0632. The Kier molecular flexibility index (Phi) is 7.17. The smallest absolute Gasteiger partial charge is 0.407 e. The van der Waals surface area contributed by atoms with Crippen LogP contribution in [0.25, 0.3) is 0 Å². The molecule has 2 aromatic rings. The van der Waals surface area contributed by atoms with Crippen molar-refractivity contribution in [3.8, 4) is 5.88 Å². The molecule has 1 aromatic carbocycles. The molecule has 2 amide bonds. The normalized spacial score (nSPS) is 18.7. The highest BCUT2D eigenvalue weighted by Crippen LogP contribution is 2.22. The van der Waals surface area contributed by atoms with Gasteiger partial charge >= 0.3 is 6.09 Å².